The van der Waals surface area contributed by atoms with Crippen molar-refractivity contribution in [3.63, 3.8) is 0 Å². The average Bonchev–Trinajstić information content (AvgIpc) is 3.27. The first kappa shape index (κ1) is 17.3. The Morgan fingerprint density at radius 1 is 1.07 bits per heavy atom. The second-order valence-corrected chi connectivity index (χ2v) is 6.89. The van der Waals surface area contributed by atoms with Crippen LogP contribution in [0.5, 0.6) is 0 Å². The molecule has 1 aromatic heterocycles. The lowest BCUT2D eigenvalue weighted by atomic mass is 10.0. The number of fused-ring (bicyclic) bond motifs is 2. The minimum atomic E-state index is -0.118. The van der Waals surface area contributed by atoms with Crippen LogP contribution in [0.15, 0.2) is 47.1 Å². The normalized spacial score (nSPS) is 12.8. The zero-order chi connectivity index (χ0) is 18.8. The number of carbonyl (C=O) groups is 2. The summed E-state index contributed by atoms with van der Waals surface area (Å²) < 4.78 is 5.67. The SMILES string of the molecule is CCNC(=O)c1ccc(NC(=O)Cc2coc3cc4c(cc23)CCC4)cc1. The molecule has 0 unspecified atom stereocenters. The van der Waals surface area contributed by atoms with Crippen molar-refractivity contribution < 1.29 is 14.0 Å². The zero-order valence-corrected chi connectivity index (χ0v) is 15.3. The highest BCUT2D eigenvalue weighted by Gasteiger charge is 2.17. The second-order valence-electron chi connectivity index (χ2n) is 6.89. The number of aryl methyl sites for hydroxylation is 2. The van der Waals surface area contributed by atoms with E-state index in [4.69, 9.17) is 4.42 Å². The minimum absolute atomic E-state index is 0.107. The van der Waals surface area contributed by atoms with Crippen LogP contribution in [0.2, 0.25) is 0 Å². The molecule has 0 atom stereocenters. The van der Waals surface area contributed by atoms with Crippen LogP contribution < -0.4 is 10.6 Å². The molecule has 1 aliphatic carbocycles. The molecular formula is C22H22N2O3. The summed E-state index contributed by atoms with van der Waals surface area (Å²) in [4.78, 5) is 24.2. The van der Waals surface area contributed by atoms with Gasteiger partial charge in [-0.2, -0.15) is 0 Å². The van der Waals surface area contributed by atoms with Crippen LogP contribution in [0.25, 0.3) is 11.0 Å². The van der Waals surface area contributed by atoms with E-state index in [0.29, 0.717) is 17.8 Å². The van der Waals surface area contributed by atoms with Gasteiger partial charge in [0.25, 0.3) is 5.91 Å². The van der Waals surface area contributed by atoms with Crippen molar-refractivity contribution in [3.05, 3.63) is 64.9 Å². The van der Waals surface area contributed by atoms with Crippen LogP contribution in [-0.2, 0) is 24.1 Å². The Morgan fingerprint density at radius 2 is 1.81 bits per heavy atom. The maximum Gasteiger partial charge on any atom is 0.251 e. The topological polar surface area (TPSA) is 71.3 Å². The fourth-order valence-corrected chi connectivity index (χ4v) is 3.63. The molecule has 0 saturated heterocycles. The lowest BCUT2D eigenvalue weighted by Crippen LogP contribution is -2.22. The predicted molar refractivity (Wildman–Crippen MR) is 105 cm³/mol. The van der Waals surface area contributed by atoms with E-state index in [-0.39, 0.29) is 18.2 Å². The number of hydrogen-bond donors (Lipinski definition) is 2. The van der Waals surface area contributed by atoms with E-state index >= 15 is 0 Å². The van der Waals surface area contributed by atoms with Crippen LogP contribution in [0.3, 0.4) is 0 Å². The predicted octanol–water partition coefficient (Wildman–Crippen LogP) is 3.85. The van der Waals surface area contributed by atoms with Gasteiger partial charge in [0, 0.05) is 28.7 Å². The molecule has 3 aromatic rings. The zero-order valence-electron chi connectivity index (χ0n) is 15.3. The van der Waals surface area contributed by atoms with Crippen LogP contribution in [0, 0.1) is 0 Å². The monoisotopic (exact) mass is 362 g/mol. The van der Waals surface area contributed by atoms with Crippen LogP contribution in [-0.4, -0.2) is 18.4 Å². The Kier molecular flexibility index (Phi) is 4.67. The first-order chi connectivity index (χ1) is 13.1. The van der Waals surface area contributed by atoms with Gasteiger partial charge in [-0.05, 0) is 73.7 Å². The van der Waals surface area contributed by atoms with Gasteiger partial charge < -0.3 is 15.1 Å². The van der Waals surface area contributed by atoms with Gasteiger partial charge in [-0.3, -0.25) is 9.59 Å². The smallest absolute Gasteiger partial charge is 0.251 e. The first-order valence-electron chi connectivity index (χ1n) is 9.34. The van der Waals surface area contributed by atoms with Gasteiger partial charge in [0.05, 0.1) is 12.7 Å². The number of benzene rings is 2. The van der Waals surface area contributed by atoms with Gasteiger partial charge in [-0.25, -0.2) is 0 Å². The van der Waals surface area contributed by atoms with E-state index < -0.39 is 0 Å². The van der Waals surface area contributed by atoms with Gasteiger partial charge in [0.2, 0.25) is 5.91 Å². The van der Waals surface area contributed by atoms with Crippen molar-refractivity contribution in [2.45, 2.75) is 32.6 Å². The third-order valence-corrected chi connectivity index (χ3v) is 4.99. The van der Waals surface area contributed by atoms with Crippen molar-refractivity contribution in [1.29, 1.82) is 0 Å². The van der Waals surface area contributed by atoms with Crippen molar-refractivity contribution in [2.75, 3.05) is 11.9 Å². The lowest BCUT2D eigenvalue weighted by Gasteiger charge is -2.07. The number of rotatable bonds is 5. The highest BCUT2D eigenvalue weighted by atomic mass is 16.3. The summed E-state index contributed by atoms with van der Waals surface area (Å²) in [6, 6.07) is 11.2. The summed E-state index contributed by atoms with van der Waals surface area (Å²) in [6.07, 6.45) is 5.32. The summed E-state index contributed by atoms with van der Waals surface area (Å²) in [5.74, 6) is -0.225. The van der Waals surface area contributed by atoms with E-state index in [1.54, 1.807) is 30.5 Å². The van der Waals surface area contributed by atoms with Crippen molar-refractivity contribution in [2.24, 2.45) is 0 Å². The molecule has 5 heteroatoms. The quantitative estimate of drug-likeness (QED) is 0.724. The Balaban J connectivity index is 1.45. The number of furan rings is 1. The highest BCUT2D eigenvalue weighted by molar-refractivity contribution is 5.97. The van der Waals surface area contributed by atoms with Gasteiger partial charge >= 0.3 is 0 Å². The number of nitrogens with one attached hydrogen (secondary N) is 2. The molecule has 5 nitrogen and oxygen atoms in total. The maximum atomic E-state index is 12.4. The van der Waals surface area contributed by atoms with Gasteiger partial charge in [0.15, 0.2) is 0 Å². The number of hydrogen-bond acceptors (Lipinski definition) is 3. The Hall–Kier alpha value is -3.08. The molecule has 2 aromatic carbocycles. The molecular weight excluding hydrogens is 340 g/mol. The molecule has 0 fully saturated rings. The average molecular weight is 362 g/mol. The van der Waals surface area contributed by atoms with Crippen LogP contribution >= 0.6 is 0 Å². The molecule has 138 valence electrons. The summed E-state index contributed by atoms with van der Waals surface area (Å²) >= 11 is 0. The first-order valence-corrected chi connectivity index (χ1v) is 9.34. The van der Waals surface area contributed by atoms with Crippen LogP contribution in [0.4, 0.5) is 5.69 Å². The molecule has 27 heavy (non-hydrogen) atoms. The molecule has 2 N–H and O–H groups in total. The van der Waals surface area contributed by atoms with E-state index in [0.717, 1.165) is 29.4 Å². The molecule has 1 aliphatic rings. The van der Waals surface area contributed by atoms with Gasteiger partial charge in [0.1, 0.15) is 5.58 Å². The molecule has 0 saturated carbocycles. The Labute approximate surface area is 157 Å². The lowest BCUT2D eigenvalue weighted by molar-refractivity contribution is -0.115. The third kappa shape index (κ3) is 3.58. The van der Waals surface area contributed by atoms with E-state index in [2.05, 4.69) is 22.8 Å². The standard InChI is InChI=1S/C22H22N2O3/c1-2-23-22(26)14-6-8-18(9-7-14)24-21(25)12-17-13-27-20-11-16-5-3-4-15(16)10-19(17)20/h6-11,13H,2-5,12H2,1H3,(H,23,26)(H,24,25). The third-order valence-electron chi connectivity index (χ3n) is 4.99. The fraction of sp³-hybridized carbons (Fsp3) is 0.273. The van der Waals surface area contributed by atoms with E-state index in [9.17, 15) is 9.59 Å². The largest absolute Gasteiger partial charge is 0.464 e. The number of anilines is 1. The maximum absolute atomic E-state index is 12.4. The summed E-state index contributed by atoms with van der Waals surface area (Å²) in [5.41, 5.74) is 5.72. The molecule has 0 aliphatic heterocycles. The van der Waals surface area contributed by atoms with Gasteiger partial charge in [-0.15, -0.1) is 0 Å². The van der Waals surface area contributed by atoms with Crippen molar-refractivity contribution in [3.8, 4) is 0 Å². The summed E-state index contributed by atoms with van der Waals surface area (Å²) in [5, 5.41) is 6.66. The molecule has 1 heterocycles. The molecule has 0 spiro atoms. The van der Waals surface area contributed by atoms with Crippen molar-refractivity contribution >= 4 is 28.5 Å². The van der Waals surface area contributed by atoms with Crippen LogP contribution in [0.1, 0.15) is 40.4 Å². The molecule has 4 rings (SSSR count). The Morgan fingerprint density at radius 3 is 2.56 bits per heavy atom. The second kappa shape index (κ2) is 7.27. The summed E-state index contributed by atoms with van der Waals surface area (Å²) in [7, 11) is 0. The van der Waals surface area contributed by atoms with Gasteiger partial charge in [-0.1, -0.05) is 0 Å². The molecule has 0 radical (unpaired) electrons. The molecule has 2 amide bonds. The minimum Gasteiger partial charge on any atom is -0.464 e. The fourth-order valence-electron chi connectivity index (χ4n) is 3.63. The van der Waals surface area contributed by atoms with E-state index in [1.807, 2.05) is 6.92 Å². The number of amides is 2. The highest BCUT2D eigenvalue weighted by Crippen LogP contribution is 2.30. The van der Waals surface area contributed by atoms with Crippen molar-refractivity contribution in [1.82, 2.24) is 5.32 Å². The number of carbonyl (C=O) groups excluding carboxylic acids is 2. The summed E-state index contributed by atoms with van der Waals surface area (Å²) in [6.45, 7) is 2.46. The Bertz CT molecular complexity index is 1000. The van der Waals surface area contributed by atoms with E-state index in [1.165, 1.54) is 17.5 Å². The molecule has 0 bridgehead atoms.